The van der Waals surface area contributed by atoms with Crippen molar-refractivity contribution in [2.45, 2.75) is 87.5 Å². The number of carbonyl (C=O) groups excluding carboxylic acids is 2. The standard InChI is InChI=1S/C33H43F3N4O6S.C5H3F3OS/c1-2-8-27-25(10-7-18-40(27)22-29(42)32-26(33(34,35)36)11-5-16-37-32)28(41)21-39-19-14-23(15-20-39)24-9-3-4-12-30(24)47(45,46)38-17-6-13-31(43)44;6-5(7,8)4-1-3(9)2-10-4/h3-5,9,11-12,16,23,25,27,38H,2,6-8,10,13-15,17-22H2,1H3,(H,43,44);1-2,9H. The molecule has 0 saturated carbocycles. The second-order valence-corrected chi connectivity index (χ2v) is 16.7. The molecule has 57 heavy (non-hydrogen) atoms. The molecule has 0 radical (unpaired) electrons. The number of pyridine rings is 1. The molecule has 0 aliphatic carbocycles. The number of Topliss-reactive ketones (excluding diaryl/α,β-unsaturated/α-hetero) is 2. The summed E-state index contributed by atoms with van der Waals surface area (Å²) in [6.45, 7) is 3.66. The zero-order valence-electron chi connectivity index (χ0n) is 31.2. The summed E-state index contributed by atoms with van der Waals surface area (Å²) >= 11 is 0.481. The molecule has 5 rings (SSSR count). The van der Waals surface area contributed by atoms with E-state index in [0.717, 1.165) is 23.9 Å². The molecule has 2 aliphatic rings. The summed E-state index contributed by atoms with van der Waals surface area (Å²) in [6, 6.07) is 9.25. The molecule has 19 heteroatoms. The molecule has 2 atom stereocenters. The van der Waals surface area contributed by atoms with Crippen molar-refractivity contribution in [2.75, 3.05) is 39.3 Å². The summed E-state index contributed by atoms with van der Waals surface area (Å²) in [7, 11) is -3.84. The minimum Gasteiger partial charge on any atom is -0.507 e. The Hall–Kier alpha value is -3.91. The van der Waals surface area contributed by atoms with Crippen molar-refractivity contribution in [3.63, 3.8) is 0 Å². The number of carboxylic acid groups (broad SMARTS) is 1. The smallest absolute Gasteiger partial charge is 0.425 e. The van der Waals surface area contributed by atoms with Gasteiger partial charge in [0.25, 0.3) is 0 Å². The van der Waals surface area contributed by atoms with E-state index < -0.39 is 50.3 Å². The van der Waals surface area contributed by atoms with Gasteiger partial charge < -0.3 is 10.2 Å². The fraction of sp³-hybridized carbons (Fsp3) is 0.526. The molecule has 3 N–H and O–H groups in total. The van der Waals surface area contributed by atoms with Crippen LogP contribution in [0, 0.1) is 5.92 Å². The van der Waals surface area contributed by atoms with Crippen molar-refractivity contribution < 1.29 is 59.4 Å². The van der Waals surface area contributed by atoms with Crippen molar-refractivity contribution in [1.29, 1.82) is 0 Å². The van der Waals surface area contributed by atoms with Gasteiger partial charge in [0, 0.05) is 42.6 Å². The summed E-state index contributed by atoms with van der Waals surface area (Å²) in [4.78, 5) is 44.6. The van der Waals surface area contributed by atoms with Crippen LogP contribution in [0.4, 0.5) is 26.3 Å². The number of halogens is 6. The fourth-order valence-corrected chi connectivity index (χ4v) is 9.30. The molecule has 11 nitrogen and oxygen atoms in total. The number of thiophene rings is 1. The van der Waals surface area contributed by atoms with Crippen molar-refractivity contribution in [3.8, 4) is 5.75 Å². The number of hydrogen-bond acceptors (Lipinski definition) is 10. The monoisotopic (exact) mass is 848 g/mol. The number of aromatic hydroxyl groups is 1. The van der Waals surface area contributed by atoms with Crippen LogP contribution >= 0.6 is 11.3 Å². The minimum atomic E-state index is -4.70. The topological polar surface area (TPSA) is 157 Å². The van der Waals surface area contributed by atoms with Gasteiger partial charge in [-0.15, -0.1) is 11.3 Å². The highest BCUT2D eigenvalue weighted by molar-refractivity contribution is 7.89. The van der Waals surface area contributed by atoms with Crippen LogP contribution in [-0.4, -0.2) is 96.3 Å². The van der Waals surface area contributed by atoms with Crippen molar-refractivity contribution in [2.24, 2.45) is 5.92 Å². The highest BCUT2D eigenvalue weighted by atomic mass is 32.2. The number of benzene rings is 1. The van der Waals surface area contributed by atoms with E-state index in [0.29, 0.717) is 74.7 Å². The van der Waals surface area contributed by atoms with Crippen LogP contribution in [0.15, 0.2) is 58.9 Å². The van der Waals surface area contributed by atoms with Crippen molar-refractivity contribution >= 4 is 38.9 Å². The van der Waals surface area contributed by atoms with Crippen LogP contribution in [-0.2, 0) is 32.0 Å². The average Bonchev–Trinajstić information content (AvgIpc) is 3.61. The van der Waals surface area contributed by atoms with Gasteiger partial charge in [-0.2, -0.15) is 26.3 Å². The number of sulfonamides is 1. The number of ketones is 2. The van der Waals surface area contributed by atoms with E-state index in [9.17, 15) is 49.1 Å². The number of aliphatic carboxylic acids is 1. The lowest BCUT2D eigenvalue weighted by molar-refractivity contribution is -0.138. The highest BCUT2D eigenvalue weighted by Gasteiger charge is 2.40. The Kier molecular flexibility index (Phi) is 16.2. The first kappa shape index (κ1) is 45.8. The second kappa shape index (κ2) is 20.2. The number of rotatable bonds is 15. The molecule has 2 unspecified atom stereocenters. The molecule has 2 aromatic heterocycles. The third kappa shape index (κ3) is 13.0. The lowest BCUT2D eigenvalue weighted by Crippen LogP contribution is -2.51. The lowest BCUT2D eigenvalue weighted by Gasteiger charge is -2.41. The van der Waals surface area contributed by atoms with E-state index >= 15 is 0 Å². The Morgan fingerprint density at radius 1 is 0.965 bits per heavy atom. The normalized spacial score (nSPS) is 18.8. The largest absolute Gasteiger partial charge is 0.507 e. The number of carboxylic acids is 1. The van der Waals surface area contributed by atoms with Gasteiger partial charge >= 0.3 is 18.3 Å². The summed E-state index contributed by atoms with van der Waals surface area (Å²) in [5.41, 5.74) is -0.964. The van der Waals surface area contributed by atoms with Crippen LogP contribution in [0.3, 0.4) is 0 Å². The Morgan fingerprint density at radius 3 is 2.26 bits per heavy atom. The van der Waals surface area contributed by atoms with Gasteiger partial charge in [-0.1, -0.05) is 31.5 Å². The zero-order chi connectivity index (χ0) is 42.0. The molecule has 4 heterocycles. The number of nitrogens with one attached hydrogen (secondary N) is 1. The maximum absolute atomic E-state index is 13.7. The van der Waals surface area contributed by atoms with Gasteiger partial charge in [0.2, 0.25) is 10.0 Å². The van der Waals surface area contributed by atoms with Gasteiger partial charge in [-0.3, -0.25) is 29.2 Å². The van der Waals surface area contributed by atoms with Crippen LogP contribution in [0.5, 0.6) is 5.75 Å². The summed E-state index contributed by atoms with van der Waals surface area (Å²) in [6.07, 6.45) is -3.83. The second-order valence-electron chi connectivity index (χ2n) is 14.0. The minimum absolute atomic E-state index is 0.0209. The zero-order valence-corrected chi connectivity index (χ0v) is 32.8. The third-order valence-corrected chi connectivity index (χ3v) is 12.5. The fourth-order valence-electron chi connectivity index (χ4n) is 7.29. The van der Waals surface area contributed by atoms with Crippen LogP contribution < -0.4 is 4.72 Å². The first-order chi connectivity index (χ1) is 26.8. The summed E-state index contributed by atoms with van der Waals surface area (Å²) in [5.74, 6) is -2.38. The molecule has 1 aromatic carbocycles. The molecule has 3 aromatic rings. The number of aromatic nitrogens is 1. The summed E-state index contributed by atoms with van der Waals surface area (Å²) < 4.78 is 104. The van der Waals surface area contributed by atoms with Gasteiger partial charge in [-0.05, 0) is 87.8 Å². The van der Waals surface area contributed by atoms with Crippen LogP contribution in [0.25, 0.3) is 0 Å². The van der Waals surface area contributed by atoms with Crippen molar-refractivity contribution in [1.82, 2.24) is 19.5 Å². The Balaban J connectivity index is 0.000000626. The molecule has 0 bridgehead atoms. The maximum atomic E-state index is 13.7. The first-order valence-electron chi connectivity index (χ1n) is 18.5. The molecule has 2 saturated heterocycles. The van der Waals surface area contributed by atoms with Crippen LogP contribution in [0.2, 0.25) is 0 Å². The molecular formula is C38H46F6N4O7S2. The third-order valence-electron chi connectivity index (χ3n) is 9.96. The number of carbonyl (C=O) groups is 3. The molecule has 0 amide bonds. The summed E-state index contributed by atoms with van der Waals surface area (Å²) in [5, 5.41) is 18.4. The van der Waals surface area contributed by atoms with E-state index in [1.807, 2.05) is 11.8 Å². The Labute approximate surface area is 331 Å². The predicted octanol–water partition coefficient (Wildman–Crippen LogP) is 7.23. The predicted molar refractivity (Wildman–Crippen MR) is 199 cm³/mol. The van der Waals surface area contributed by atoms with E-state index in [-0.39, 0.29) is 66.8 Å². The van der Waals surface area contributed by atoms with E-state index in [1.54, 1.807) is 24.3 Å². The Morgan fingerprint density at radius 2 is 1.67 bits per heavy atom. The molecule has 2 aliphatic heterocycles. The number of hydrogen-bond donors (Lipinski definition) is 3. The number of piperidine rings is 2. The SMILES string of the molecule is CCCC1C(C(=O)CN2CCC(c3ccccc3S(=O)(=O)NCCCC(=O)O)CC2)CCCN1CC(=O)c1ncccc1C(F)(F)F.Oc1csc(C(F)(F)F)c1. The quantitative estimate of drug-likeness (QED) is 0.0810. The average molecular weight is 849 g/mol. The van der Waals surface area contributed by atoms with Crippen molar-refractivity contribution in [3.05, 3.63) is 75.7 Å². The highest BCUT2D eigenvalue weighted by Crippen LogP contribution is 2.37. The first-order valence-corrected chi connectivity index (χ1v) is 20.9. The van der Waals surface area contributed by atoms with Gasteiger partial charge in [0.1, 0.15) is 16.3 Å². The Bertz CT molecular complexity index is 1930. The van der Waals surface area contributed by atoms with E-state index in [4.69, 9.17) is 10.2 Å². The molecule has 0 spiro atoms. The van der Waals surface area contributed by atoms with Gasteiger partial charge in [-0.25, -0.2) is 13.1 Å². The molecule has 2 fully saturated rings. The van der Waals surface area contributed by atoms with E-state index in [2.05, 4.69) is 14.6 Å². The maximum Gasteiger partial charge on any atom is 0.425 e. The van der Waals surface area contributed by atoms with E-state index in [1.165, 1.54) is 6.20 Å². The molecule has 314 valence electrons. The molecular weight excluding hydrogens is 803 g/mol. The number of alkyl halides is 6. The van der Waals surface area contributed by atoms with Crippen LogP contribution in [0.1, 0.15) is 90.7 Å². The van der Waals surface area contributed by atoms with Gasteiger partial charge in [0.05, 0.1) is 23.5 Å². The lowest BCUT2D eigenvalue weighted by atomic mass is 9.82. The number of likely N-dealkylation sites (tertiary alicyclic amines) is 2. The number of nitrogens with zero attached hydrogens (tertiary/aromatic N) is 3. The van der Waals surface area contributed by atoms with Gasteiger partial charge in [0.15, 0.2) is 11.6 Å².